The van der Waals surface area contributed by atoms with Gasteiger partial charge in [0.15, 0.2) is 0 Å². The highest BCUT2D eigenvalue weighted by atomic mass is 15.0. The molecule has 0 bridgehead atoms. The molecule has 0 atom stereocenters. The molecule has 0 radical (unpaired) electrons. The van der Waals surface area contributed by atoms with E-state index >= 15 is 0 Å². The number of hydrogen-bond acceptors (Lipinski definition) is 0. The Labute approximate surface area is 353 Å². The summed E-state index contributed by atoms with van der Waals surface area (Å²) < 4.78 is 2.47. The fourth-order valence-electron chi connectivity index (χ4n) is 10.7. The van der Waals surface area contributed by atoms with Crippen LogP contribution < -0.4 is 0 Å². The Hall–Kier alpha value is -8.00. The van der Waals surface area contributed by atoms with Gasteiger partial charge in [-0.25, -0.2) is 0 Å². The summed E-state index contributed by atoms with van der Waals surface area (Å²) in [6.07, 6.45) is 0. The molecular weight excluding hydrogens is 735 g/mol. The van der Waals surface area contributed by atoms with Crippen LogP contribution in [-0.4, -0.2) is 4.57 Å². The highest BCUT2D eigenvalue weighted by Crippen LogP contribution is 2.51. The van der Waals surface area contributed by atoms with Crippen molar-refractivity contribution in [1.29, 1.82) is 0 Å². The molecule has 1 nitrogen and oxygen atoms in total. The number of nitrogens with zero attached hydrogens (tertiary/aromatic N) is 1. The Bertz CT molecular complexity index is 3490. The second kappa shape index (κ2) is 13.3. The van der Waals surface area contributed by atoms with Crippen LogP contribution in [0, 0.1) is 0 Å². The topological polar surface area (TPSA) is 4.93 Å². The zero-order chi connectivity index (χ0) is 40.0. The minimum atomic E-state index is 1.16. The second-order valence-electron chi connectivity index (χ2n) is 16.3. The summed E-state index contributed by atoms with van der Waals surface area (Å²) in [5.74, 6) is 0. The predicted molar refractivity (Wildman–Crippen MR) is 261 cm³/mol. The Morgan fingerprint density at radius 3 is 0.852 bits per heavy atom. The van der Waals surface area contributed by atoms with Crippen molar-refractivity contribution in [2.24, 2.45) is 0 Å². The highest BCUT2D eigenvalue weighted by molar-refractivity contribution is 6.33. The van der Waals surface area contributed by atoms with Crippen molar-refractivity contribution in [3.05, 3.63) is 224 Å². The molecule has 1 aromatic heterocycles. The summed E-state index contributed by atoms with van der Waals surface area (Å²) in [4.78, 5) is 0. The summed E-state index contributed by atoms with van der Waals surface area (Å²) in [6.45, 7) is 0. The van der Waals surface area contributed by atoms with Crippen LogP contribution in [-0.2, 0) is 0 Å². The summed E-state index contributed by atoms with van der Waals surface area (Å²) in [5, 5.41) is 15.2. The maximum absolute atomic E-state index is 2.47. The lowest BCUT2D eigenvalue weighted by atomic mass is 9.83. The fourth-order valence-corrected chi connectivity index (χ4v) is 10.7. The van der Waals surface area contributed by atoms with Crippen molar-refractivity contribution in [3.8, 4) is 50.2 Å². The van der Waals surface area contributed by atoms with E-state index in [4.69, 9.17) is 0 Å². The van der Waals surface area contributed by atoms with Gasteiger partial charge < -0.3 is 4.57 Å². The van der Waals surface area contributed by atoms with E-state index < -0.39 is 0 Å². The van der Waals surface area contributed by atoms with Gasteiger partial charge >= 0.3 is 0 Å². The van der Waals surface area contributed by atoms with E-state index in [1.165, 1.54) is 120 Å². The van der Waals surface area contributed by atoms with Crippen molar-refractivity contribution in [2.75, 3.05) is 0 Å². The molecular formula is C60H37N. The number of fused-ring (bicyclic) bond motifs is 4. The molecule has 0 aliphatic heterocycles. The third kappa shape index (κ3) is 4.89. The van der Waals surface area contributed by atoms with E-state index in [0.29, 0.717) is 0 Å². The summed E-state index contributed by atoms with van der Waals surface area (Å²) in [5.41, 5.74) is 13.7. The molecule has 0 amide bonds. The molecule has 0 saturated carbocycles. The smallest absolute Gasteiger partial charge is 0.0547 e. The number of para-hydroxylation sites is 1. The molecule has 0 spiro atoms. The summed E-state index contributed by atoms with van der Waals surface area (Å²) >= 11 is 0. The first-order chi connectivity index (χ1) is 30.3. The van der Waals surface area contributed by atoms with E-state index in [0.717, 1.165) is 5.69 Å². The van der Waals surface area contributed by atoms with E-state index in [-0.39, 0.29) is 0 Å². The standard InChI is InChI=1S/C60H37N/c1-4-18-38(19-5-1)55-41-24-10-14-28-45(41)57(46-29-15-11-25-42(46)55)49-34-36-53-59-51(49)32-33-52-50(35-37-54(60(52)59)61(53)40-22-8-3-9-23-40)58-47-30-16-12-26-43(47)56(39-20-6-2-7-21-39)44-27-13-17-31-48(44)58/h1-37H. The molecule has 0 saturated heterocycles. The van der Waals surface area contributed by atoms with E-state index in [1.54, 1.807) is 0 Å². The molecule has 282 valence electrons. The van der Waals surface area contributed by atoms with E-state index in [9.17, 15) is 0 Å². The average Bonchev–Trinajstić information content (AvgIpc) is 3.68. The zero-order valence-corrected chi connectivity index (χ0v) is 33.3. The SMILES string of the molecule is c1ccc(-c2c3ccccc3c(-c3ccc4c5c3ccc3c(-c6c7ccccc7c(-c7ccccc7)c7ccccc67)ccc(c35)n4-c3ccccc3)c3ccccc23)cc1. The van der Waals surface area contributed by atoms with Crippen molar-refractivity contribution >= 4 is 75.7 Å². The fraction of sp³-hybridized carbons (Fsp3) is 0. The first-order valence-electron chi connectivity index (χ1n) is 21.2. The number of aromatic nitrogens is 1. The minimum absolute atomic E-state index is 1.16. The Morgan fingerprint density at radius 2 is 0.508 bits per heavy atom. The summed E-state index contributed by atoms with van der Waals surface area (Å²) in [7, 11) is 0. The van der Waals surface area contributed by atoms with Gasteiger partial charge in [-0.3, -0.25) is 0 Å². The highest BCUT2D eigenvalue weighted by Gasteiger charge is 2.25. The Kier molecular flexibility index (Phi) is 7.37. The van der Waals surface area contributed by atoms with Crippen LogP contribution in [0.3, 0.4) is 0 Å². The lowest BCUT2D eigenvalue weighted by Gasteiger charge is -2.20. The molecule has 0 aliphatic rings. The molecule has 13 rings (SSSR count). The van der Waals surface area contributed by atoms with Gasteiger partial charge in [0.05, 0.1) is 11.0 Å². The third-order valence-corrected chi connectivity index (χ3v) is 13.1. The predicted octanol–water partition coefficient (Wildman–Crippen LogP) is 16.7. The van der Waals surface area contributed by atoms with Gasteiger partial charge in [0, 0.05) is 16.5 Å². The van der Waals surface area contributed by atoms with Crippen LogP contribution in [0.15, 0.2) is 224 Å². The van der Waals surface area contributed by atoms with E-state index in [2.05, 4.69) is 229 Å². The monoisotopic (exact) mass is 771 g/mol. The van der Waals surface area contributed by atoms with Crippen LogP contribution in [0.25, 0.3) is 126 Å². The lowest BCUT2D eigenvalue weighted by molar-refractivity contribution is 1.18. The van der Waals surface area contributed by atoms with Crippen LogP contribution in [0.5, 0.6) is 0 Å². The first-order valence-corrected chi connectivity index (χ1v) is 21.2. The third-order valence-electron chi connectivity index (χ3n) is 13.1. The van der Waals surface area contributed by atoms with Gasteiger partial charge in [-0.15, -0.1) is 0 Å². The zero-order valence-electron chi connectivity index (χ0n) is 33.3. The van der Waals surface area contributed by atoms with Gasteiger partial charge in [0.2, 0.25) is 0 Å². The van der Waals surface area contributed by atoms with Gasteiger partial charge in [-0.05, 0) is 123 Å². The minimum Gasteiger partial charge on any atom is -0.309 e. The van der Waals surface area contributed by atoms with Gasteiger partial charge in [-0.1, -0.05) is 200 Å². The Balaban J connectivity index is 1.17. The second-order valence-corrected chi connectivity index (χ2v) is 16.3. The molecule has 0 N–H and O–H groups in total. The van der Waals surface area contributed by atoms with Crippen LogP contribution in [0.2, 0.25) is 0 Å². The number of hydrogen-bond donors (Lipinski definition) is 0. The maximum Gasteiger partial charge on any atom is 0.0547 e. The quantitative estimate of drug-likeness (QED) is 0.121. The van der Waals surface area contributed by atoms with Crippen molar-refractivity contribution in [1.82, 2.24) is 4.57 Å². The van der Waals surface area contributed by atoms with Crippen molar-refractivity contribution in [3.63, 3.8) is 0 Å². The summed E-state index contributed by atoms with van der Waals surface area (Å²) in [6, 6.07) is 82.9. The molecule has 13 aromatic rings. The van der Waals surface area contributed by atoms with E-state index in [1.807, 2.05) is 0 Å². The normalized spacial score (nSPS) is 11.9. The average molecular weight is 772 g/mol. The Morgan fingerprint density at radius 1 is 0.213 bits per heavy atom. The molecule has 1 heteroatoms. The molecule has 0 fully saturated rings. The number of benzene rings is 12. The largest absolute Gasteiger partial charge is 0.309 e. The molecule has 1 heterocycles. The van der Waals surface area contributed by atoms with Crippen molar-refractivity contribution < 1.29 is 0 Å². The van der Waals surface area contributed by atoms with Gasteiger partial charge in [0.1, 0.15) is 0 Å². The molecule has 0 aliphatic carbocycles. The van der Waals surface area contributed by atoms with Crippen LogP contribution in [0.1, 0.15) is 0 Å². The molecule has 0 unspecified atom stereocenters. The van der Waals surface area contributed by atoms with Crippen LogP contribution in [0.4, 0.5) is 0 Å². The maximum atomic E-state index is 2.47. The molecule has 12 aromatic carbocycles. The van der Waals surface area contributed by atoms with Gasteiger partial charge in [-0.2, -0.15) is 0 Å². The lowest BCUT2D eigenvalue weighted by Crippen LogP contribution is -1.94. The first kappa shape index (κ1) is 33.9. The molecule has 61 heavy (non-hydrogen) atoms. The van der Waals surface area contributed by atoms with Crippen molar-refractivity contribution in [2.45, 2.75) is 0 Å². The number of rotatable bonds is 5. The van der Waals surface area contributed by atoms with Crippen LogP contribution >= 0.6 is 0 Å². The van der Waals surface area contributed by atoms with Gasteiger partial charge in [0.25, 0.3) is 0 Å².